The van der Waals surface area contributed by atoms with Crippen molar-refractivity contribution in [3.63, 3.8) is 0 Å². The van der Waals surface area contributed by atoms with E-state index >= 15 is 0 Å². The summed E-state index contributed by atoms with van der Waals surface area (Å²) in [4.78, 5) is 29.6. The lowest BCUT2D eigenvalue weighted by molar-refractivity contribution is -0.139. The number of aliphatic carboxylic acids is 1. The standard InChI is InChI=1S/C29H22N6O3S/c1-17-9-14-22-23(16-17)39-29(31-22)30-20-12-10-19(11-13-20)25-33-34-26-21(8-5-15-35(25)26)27(36)32-24(28(37)38)18-6-3-2-4-7-18/h2-16,24H,1H3,(H,30,31)(H,32,36)(H,37,38)/t24-/m0/s1. The number of fused-ring (bicyclic) bond motifs is 2. The topological polar surface area (TPSA) is 122 Å². The predicted octanol–water partition coefficient (Wildman–Crippen LogP) is 5.61. The van der Waals surface area contributed by atoms with E-state index in [9.17, 15) is 14.7 Å². The van der Waals surface area contributed by atoms with Gasteiger partial charge in [0, 0.05) is 17.4 Å². The zero-order chi connectivity index (χ0) is 26.9. The SMILES string of the molecule is Cc1ccc2nc(Nc3ccc(-c4nnc5c(C(=O)N[C@H](C(=O)O)c6ccccc6)cccn45)cc3)sc2c1. The number of rotatable bonds is 7. The molecule has 0 spiro atoms. The van der Waals surface area contributed by atoms with Gasteiger partial charge >= 0.3 is 5.97 Å². The van der Waals surface area contributed by atoms with E-state index < -0.39 is 17.9 Å². The van der Waals surface area contributed by atoms with Gasteiger partial charge in [-0.15, -0.1) is 10.2 Å². The zero-order valence-corrected chi connectivity index (χ0v) is 21.5. The van der Waals surface area contributed by atoms with Crippen LogP contribution in [-0.2, 0) is 4.79 Å². The summed E-state index contributed by atoms with van der Waals surface area (Å²) in [6.07, 6.45) is 1.77. The quantitative estimate of drug-likeness (QED) is 0.243. The molecule has 0 saturated carbocycles. The molecule has 3 aromatic heterocycles. The number of thiazole rings is 1. The van der Waals surface area contributed by atoms with Crippen LogP contribution in [0.3, 0.4) is 0 Å². The van der Waals surface area contributed by atoms with Gasteiger partial charge in [-0.3, -0.25) is 9.20 Å². The number of hydrogen-bond acceptors (Lipinski definition) is 7. The van der Waals surface area contributed by atoms with Crippen molar-refractivity contribution >= 4 is 49.9 Å². The Kier molecular flexibility index (Phi) is 6.22. The first kappa shape index (κ1) is 24.3. The summed E-state index contributed by atoms with van der Waals surface area (Å²) in [5.41, 5.74) is 4.86. The second kappa shape index (κ2) is 9.99. The lowest BCUT2D eigenvalue weighted by atomic mass is 10.1. The summed E-state index contributed by atoms with van der Waals surface area (Å²) >= 11 is 1.60. The summed E-state index contributed by atoms with van der Waals surface area (Å²) in [6.45, 7) is 2.06. The van der Waals surface area contributed by atoms with Gasteiger partial charge in [0.1, 0.15) is 0 Å². The van der Waals surface area contributed by atoms with Crippen LogP contribution in [0.15, 0.2) is 91.1 Å². The van der Waals surface area contributed by atoms with Gasteiger partial charge in [-0.2, -0.15) is 0 Å². The third kappa shape index (κ3) is 4.80. The average molecular weight is 535 g/mol. The van der Waals surface area contributed by atoms with Crippen LogP contribution in [-0.4, -0.2) is 36.6 Å². The molecule has 9 nitrogen and oxygen atoms in total. The first-order valence-electron chi connectivity index (χ1n) is 12.1. The molecule has 0 aliphatic rings. The molecule has 1 amide bonds. The van der Waals surface area contributed by atoms with E-state index in [1.165, 1.54) is 5.56 Å². The van der Waals surface area contributed by atoms with Crippen molar-refractivity contribution in [2.24, 2.45) is 0 Å². The summed E-state index contributed by atoms with van der Waals surface area (Å²) in [5.74, 6) is -1.15. The normalized spacial score (nSPS) is 11.9. The maximum Gasteiger partial charge on any atom is 0.330 e. The maximum atomic E-state index is 13.1. The number of carboxylic acid groups (broad SMARTS) is 1. The lowest BCUT2D eigenvalue weighted by Gasteiger charge is -2.15. The molecule has 10 heteroatoms. The summed E-state index contributed by atoms with van der Waals surface area (Å²) < 4.78 is 2.84. The monoisotopic (exact) mass is 534 g/mol. The fraction of sp³-hybridized carbons (Fsp3) is 0.0690. The van der Waals surface area contributed by atoms with Crippen molar-refractivity contribution in [2.45, 2.75) is 13.0 Å². The van der Waals surface area contributed by atoms with Crippen LogP contribution in [0.25, 0.3) is 27.3 Å². The number of carboxylic acids is 1. The Morgan fingerprint density at radius 3 is 2.51 bits per heavy atom. The minimum Gasteiger partial charge on any atom is -0.479 e. The number of carbonyl (C=O) groups excluding carboxylic acids is 1. The third-order valence-electron chi connectivity index (χ3n) is 6.27. The molecule has 192 valence electrons. The van der Waals surface area contributed by atoms with Crippen LogP contribution in [0.1, 0.15) is 27.5 Å². The molecular weight excluding hydrogens is 512 g/mol. The van der Waals surface area contributed by atoms with Crippen LogP contribution in [0.5, 0.6) is 0 Å². The molecule has 3 N–H and O–H groups in total. The second-order valence-corrected chi connectivity index (χ2v) is 10.0. The second-order valence-electron chi connectivity index (χ2n) is 8.99. The molecule has 6 rings (SSSR count). The van der Waals surface area contributed by atoms with E-state index in [1.807, 2.05) is 36.4 Å². The lowest BCUT2D eigenvalue weighted by Crippen LogP contribution is -2.34. The number of hydrogen-bond donors (Lipinski definition) is 3. The number of aryl methyl sites for hydroxylation is 1. The van der Waals surface area contributed by atoms with E-state index in [-0.39, 0.29) is 5.56 Å². The molecule has 0 unspecified atom stereocenters. The van der Waals surface area contributed by atoms with Crippen molar-refractivity contribution in [1.82, 2.24) is 24.9 Å². The Hall–Kier alpha value is -5.09. The van der Waals surface area contributed by atoms with E-state index in [1.54, 1.807) is 64.4 Å². The number of anilines is 2. The van der Waals surface area contributed by atoms with Gasteiger partial charge in [0.05, 0.1) is 15.8 Å². The molecule has 0 aliphatic carbocycles. The van der Waals surface area contributed by atoms with Gasteiger partial charge in [-0.25, -0.2) is 9.78 Å². The molecule has 6 aromatic rings. The maximum absolute atomic E-state index is 13.1. The molecule has 3 aromatic carbocycles. The molecule has 39 heavy (non-hydrogen) atoms. The van der Waals surface area contributed by atoms with Gasteiger partial charge in [0.15, 0.2) is 22.6 Å². The Morgan fingerprint density at radius 2 is 1.74 bits per heavy atom. The molecule has 1 atom stereocenters. The van der Waals surface area contributed by atoms with Crippen LogP contribution in [0.4, 0.5) is 10.8 Å². The Balaban J connectivity index is 1.24. The fourth-order valence-corrected chi connectivity index (χ4v) is 5.33. The fourth-order valence-electron chi connectivity index (χ4n) is 4.34. The van der Waals surface area contributed by atoms with Gasteiger partial charge in [-0.05, 0) is 66.6 Å². The van der Waals surface area contributed by atoms with Crippen molar-refractivity contribution in [3.8, 4) is 11.4 Å². The molecule has 3 heterocycles. The largest absolute Gasteiger partial charge is 0.479 e. The minimum atomic E-state index is -1.19. The number of nitrogens with zero attached hydrogens (tertiary/aromatic N) is 4. The van der Waals surface area contributed by atoms with Gasteiger partial charge < -0.3 is 15.7 Å². The molecule has 0 radical (unpaired) electrons. The summed E-state index contributed by atoms with van der Waals surface area (Å²) in [6, 6.07) is 24.5. The Morgan fingerprint density at radius 1 is 0.949 bits per heavy atom. The molecule has 0 aliphatic heterocycles. The average Bonchev–Trinajstić information content (AvgIpc) is 3.55. The molecule has 0 bridgehead atoms. The molecule has 0 saturated heterocycles. The van der Waals surface area contributed by atoms with Crippen molar-refractivity contribution < 1.29 is 14.7 Å². The summed E-state index contributed by atoms with van der Waals surface area (Å²) in [7, 11) is 0. The number of pyridine rings is 1. The smallest absolute Gasteiger partial charge is 0.330 e. The first-order valence-corrected chi connectivity index (χ1v) is 12.9. The van der Waals surface area contributed by atoms with E-state index in [2.05, 4.69) is 38.8 Å². The van der Waals surface area contributed by atoms with Gasteiger partial charge in [0.25, 0.3) is 5.91 Å². The van der Waals surface area contributed by atoms with Crippen molar-refractivity contribution in [2.75, 3.05) is 5.32 Å². The highest BCUT2D eigenvalue weighted by atomic mass is 32.1. The van der Waals surface area contributed by atoms with Crippen molar-refractivity contribution in [1.29, 1.82) is 0 Å². The Labute approximate surface area is 226 Å². The van der Waals surface area contributed by atoms with Gasteiger partial charge in [0.2, 0.25) is 0 Å². The van der Waals surface area contributed by atoms with Crippen LogP contribution >= 0.6 is 11.3 Å². The van der Waals surface area contributed by atoms with Crippen LogP contribution in [0.2, 0.25) is 0 Å². The number of carbonyl (C=O) groups is 2. The Bertz CT molecular complexity index is 1830. The van der Waals surface area contributed by atoms with E-state index in [0.29, 0.717) is 17.0 Å². The number of aromatic nitrogens is 4. The number of nitrogens with one attached hydrogen (secondary N) is 2. The van der Waals surface area contributed by atoms with Crippen molar-refractivity contribution in [3.05, 3.63) is 108 Å². The predicted molar refractivity (Wildman–Crippen MR) is 150 cm³/mol. The number of amides is 1. The molecule has 0 fully saturated rings. The van der Waals surface area contributed by atoms with E-state index in [0.717, 1.165) is 26.6 Å². The van der Waals surface area contributed by atoms with Gasteiger partial charge in [-0.1, -0.05) is 47.7 Å². The van der Waals surface area contributed by atoms with E-state index in [4.69, 9.17) is 0 Å². The van der Waals surface area contributed by atoms with Crippen LogP contribution in [0, 0.1) is 6.92 Å². The van der Waals surface area contributed by atoms with Crippen LogP contribution < -0.4 is 10.6 Å². The highest BCUT2D eigenvalue weighted by molar-refractivity contribution is 7.22. The zero-order valence-electron chi connectivity index (χ0n) is 20.7. The number of benzene rings is 3. The highest BCUT2D eigenvalue weighted by Gasteiger charge is 2.24. The third-order valence-corrected chi connectivity index (χ3v) is 7.21. The molecular formula is C29H22N6O3S. The minimum absolute atomic E-state index is 0.225. The first-order chi connectivity index (χ1) is 19.0. The summed E-state index contributed by atoms with van der Waals surface area (Å²) in [5, 5.41) is 25.0. The highest BCUT2D eigenvalue weighted by Crippen LogP contribution is 2.30.